The van der Waals surface area contributed by atoms with Crippen LogP contribution in [0.15, 0.2) is 60.7 Å². The number of hydrogen-bond acceptors (Lipinski definition) is 4. The Morgan fingerprint density at radius 2 is 1.48 bits per heavy atom. The summed E-state index contributed by atoms with van der Waals surface area (Å²) in [6.45, 7) is 0.826. The molecule has 0 spiro atoms. The molecule has 0 aliphatic carbocycles. The molecule has 2 aliphatic heterocycles. The highest BCUT2D eigenvalue weighted by molar-refractivity contribution is 7.91. The molecular formula is C19H20N2O3S. The Labute approximate surface area is 147 Å². The molecule has 0 bridgehead atoms. The third kappa shape index (κ3) is 3.19. The first kappa shape index (κ1) is 16.3. The lowest BCUT2D eigenvalue weighted by Gasteiger charge is -2.43. The van der Waals surface area contributed by atoms with Crippen LogP contribution < -0.4 is 4.90 Å². The Bertz CT molecular complexity index is 868. The number of benzene rings is 2. The molecule has 2 heterocycles. The van der Waals surface area contributed by atoms with Gasteiger partial charge < -0.3 is 4.90 Å². The van der Waals surface area contributed by atoms with Gasteiger partial charge in [-0.25, -0.2) is 8.42 Å². The number of amides is 1. The van der Waals surface area contributed by atoms with Crippen molar-refractivity contribution in [3.8, 4) is 0 Å². The van der Waals surface area contributed by atoms with Crippen LogP contribution in [0.5, 0.6) is 0 Å². The molecule has 6 heteroatoms. The molecule has 2 saturated heterocycles. The van der Waals surface area contributed by atoms with Crippen molar-refractivity contribution in [2.75, 3.05) is 23.0 Å². The summed E-state index contributed by atoms with van der Waals surface area (Å²) < 4.78 is 24.6. The third-order valence-electron chi connectivity index (χ3n) is 4.96. The van der Waals surface area contributed by atoms with E-state index < -0.39 is 9.84 Å². The highest BCUT2D eigenvalue weighted by atomic mass is 32.2. The molecule has 2 fully saturated rings. The van der Waals surface area contributed by atoms with Gasteiger partial charge in [0.15, 0.2) is 9.84 Å². The number of hydrogen-bond donors (Lipinski definition) is 0. The zero-order valence-corrected chi connectivity index (χ0v) is 14.6. The number of rotatable bonds is 3. The summed E-state index contributed by atoms with van der Waals surface area (Å²) >= 11 is 0. The number of carbonyl (C=O) groups excluding carboxylic acids is 1. The van der Waals surface area contributed by atoms with E-state index in [9.17, 15) is 13.2 Å². The second-order valence-corrected chi connectivity index (χ2v) is 8.86. The van der Waals surface area contributed by atoms with Crippen molar-refractivity contribution in [3.63, 3.8) is 0 Å². The zero-order valence-electron chi connectivity index (χ0n) is 13.8. The monoisotopic (exact) mass is 356 g/mol. The minimum Gasteiger partial charge on any atom is -0.306 e. The van der Waals surface area contributed by atoms with Gasteiger partial charge in [-0.3, -0.25) is 9.69 Å². The molecule has 0 saturated carbocycles. The fraction of sp³-hybridized carbons (Fsp3) is 0.316. The lowest BCUT2D eigenvalue weighted by atomic mass is 10.0. The molecule has 25 heavy (non-hydrogen) atoms. The molecule has 0 N–H and O–H groups in total. The molecule has 0 unspecified atom stereocenters. The molecule has 5 nitrogen and oxygen atoms in total. The largest absolute Gasteiger partial charge is 0.306 e. The number of carbonyl (C=O) groups is 1. The van der Waals surface area contributed by atoms with Gasteiger partial charge in [-0.05, 0) is 17.7 Å². The lowest BCUT2D eigenvalue weighted by Crippen LogP contribution is -2.61. The second kappa shape index (κ2) is 6.28. The maximum absolute atomic E-state index is 12.8. The SMILES string of the molecule is O=C1CN(Cc2ccccc2)[C@@H]2CS(=O)(=O)C[C@H]2N1c1ccccc1. The number of anilines is 1. The average molecular weight is 356 g/mol. The highest BCUT2D eigenvalue weighted by Crippen LogP contribution is 2.32. The Hall–Kier alpha value is -2.18. The van der Waals surface area contributed by atoms with Gasteiger partial charge in [0.1, 0.15) is 0 Å². The van der Waals surface area contributed by atoms with E-state index in [4.69, 9.17) is 0 Å². The van der Waals surface area contributed by atoms with Crippen LogP contribution in [0, 0.1) is 0 Å². The van der Waals surface area contributed by atoms with Crippen LogP contribution >= 0.6 is 0 Å². The Kier molecular flexibility index (Phi) is 4.09. The van der Waals surface area contributed by atoms with Crippen molar-refractivity contribution in [2.45, 2.75) is 18.6 Å². The Morgan fingerprint density at radius 1 is 0.880 bits per heavy atom. The van der Waals surface area contributed by atoms with E-state index in [0.29, 0.717) is 6.54 Å². The minimum atomic E-state index is -3.15. The van der Waals surface area contributed by atoms with Gasteiger partial charge in [-0.2, -0.15) is 0 Å². The molecule has 1 amide bonds. The fourth-order valence-electron chi connectivity index (χ4n) is 3.87. The average Bonchev–Trinajstić information content (AvgIpc) is 2.92. The van der Waals surface area contributed by atoms with Crippen LogP contribution in [0.3, 0.4) is 0 Å². The van der Waals surface area contributed by atoms with Crippen molar-refractivity contribution in [3.05, 3.63) is 66.2 Å². The molecule has 2 atom stereocenters. The van der Waals surface area contributed by atoms with E-state index >= 15 is 0 Å². The summed E-state index contributed by atoms with van der Waals surface area (Å²) in [7, 11) is -3.15. The van der Waals surface area contributed by atoms with Gasteiger partial charge in [0.2, 0.25) is 5.91 Å². The maximum atomic E-state index is 12.8. The first-order chi connectivity index (χ1) is 12.0. The van der Waals surface area contributed by atoms with Gasteiger partial charge in [-0.15, -0.1) is 0 Å². The molecule has 130 valence electrons. The molecular weight excluding hydrogens is 336 g/mol. The van der Waals surface area contributed by atoms with Crippen molar-refractivity contribution >= 4 is 21.4 Å². The molecule has 4 rings (SSSR count). The highest BCUT2D eigenvalue weighted by Gasteiger charge is 2.49. The third-order valence-corrected chi connectivity index (χ3v) is 6.66. The van der Waals surface area contributed by atoms with Crippen molar-refractivity contribution < 1.29 is 13.2 Å². The topological polar surface area (TPSA) is 57.7 Å². The quantitative estimate of drug-likeness (QED) is 0.840. The fourth-order valence-corrected chi connectivity index (χ4v) is 5.85. The number of para-hydroxylation sites is 1. The van der Waals surface area contributed by atoms with Crippen molar-refractivity contribution in [2.24, 2.45) is 0 Å². The van der Waals surface area contributed by atoms with Gasteiger partial charge >= 0.3 is 0 Å². The van der Waals surface area contributed by atoms with Crippen LogP contribution in [-0.2, 0) is 21.2 Å². The van der Waals surface area contributed by atoms with E-state index in [1.54, 1.807) is 4.90 Å². The number of fused-ring (bicyclic) bond motifs is 1. The van der Waals surface area contributed by atoms with Crippen molar-refractivity contribution in [1.82, 2.24) is 4.90 Å². The summed E-state index contributed by atoms with van der Waals surface area (Å²) in [4.78, 5) is 16.5. The van der Waals surface area contributed by atoms with Crippen molar-refractivity contribution in [1.29, 1.82) is 0 Å². The first-order valence-electron chi connectivity index (χ1n) is 8.39. The molecule has 2 aliphatic rings. The van der Waals surface area contributed by atoms with Gasteiger partial charge in [-0.1, -0.05) is 48.5 Å². The van der Waals surface area contributed by atoms with E-state index in [0.717, 1.165) is 11.3 Å². The standard InChI is InChI=1S/C19H20N2O3S/c22-19-12-20(11-15-7-3-1-4-8-15)17-13-25(23,24)14-18(17)21(19)16-9-5-2-6-10-16/h1-10,17-18H,11-14H2/t17-,18-/m1/s1. The molecule has 2 aromatic carbocycles. The normalized spacial score (nSPS) is 25.8. The van der Waals surface area contributed by atoms with E-state index in [1.807, 2.05) is 65.6 Å². The molecule has 2 aromatic rings. The Balaban J connectivity index is 1.67. The van der Waals surface area contributed by atoms with Crippen LogP contribution in [-0.4, -0.2) is 49.4 Å². The van der Waals surface area contributed by atoms with Gasteiger partial charge in [0.05, 0.1) is 24.1 Å². The Morgan fingerprint density at radius 3 is 2.16 bits per heavy atom. The lowest BCUT2D eigenvalue weighted by molar-refractivity contribution is -0.123. The maximum Gasteiger partial charge on any atom is 0.241 e. The van der Waals surface area contributed by atoms with Crippen LogP contribution in [0.25, 0.3) is 0 Å². The second-order valence-electron chi connectivity index (χ2n) is 6.70. The summed E-state index contributed by atoms with van der Waals surface area (Å²) in [5, 5.41) is 0. The molecule has 0 aromatic heterocycles. The number of nitrogens with zero attached hydrogens (tertiary/aromatic N) is 2. The summed E-state index contributed by atoms with van der Waals surface area (Å²) in [5.74, 6) is 0.102. The van der Waals surface area contributed by atoms with Crippen LogP contribution in [0.2, 0.25) is 0 Å². The summed E-state index contributed by atoms with van der Waals surface area (Å²) in [6.07, 6.45) is 0. The summed E-state index contributed by atoms with van der Waals surface area (Å²) in [5.41, 5.74) is 1.87. The summed E-state index contributed by atoms with van der Waals surface area (Å²) in [6, 6.07) is 18.8. The molecule has 0 radical (unpaired) electrons. The van der Waals surface area contributed by atoms with E-state index in [-0.39, 0.29) is 36.0 Å². The van der Waals surface area contributed by atoms with E-state index in [1.165, 1.54) is 0 Å². The van der Waals surface area contributed by atoms with Crippen LogP contribution in [0.1, 0.15) is 5.56 Å². The van der Waals surface area contributed by atoms with Crippen LogP contribution in [0.4, 0.5) is 5.69 Å². The zero-order chi connectivity index (χ0) is 17.4. The predicted molar refractivity (Wildman–Crippen MR) is 97.0 cm³/mol. The first-order valence-corrected chi connectivity index (χ1v) is 10.2. The van der Waals surface area contributed by atoms with E-state index in [2.05, 4.69) is 0 Å². The minimum absolute atomic E-state index is 0.0313. The predicted octanol–water partition coefficient (Wildman–Crippen LogP) is 1.70. The van der Waals surface area contributed by atoms with Gasteiger partial charge in [0, 0.05) is 18.3 Å². The number of piperazine rings is 1. The number of sulfone groups is 1. The smallest absolute Gasteiger partial charge is 0.241 e. The van der Waals surface area contributed by atoms with Gasteiger partial charge in [0.25, 0.3) is 0 Å².